The summed E-state index contributed by atoms with van der Waals surface area (Å²) in [5.41, 5.74) is 0.744. The number of halogens is 1. The molecule has 3 aliphatic rings. The number of ether oxygens (including phenoxy) is 3. The average molecular weight is 505 g/mol. The first-order valence-electron chi connectivity index (χ1n) is 11.9. The molecule has 2 saturated heterocycles. The number of benzene rings is 1. The Bertz CT molecular complexity index is 1070. The van der Waals surface area contributed by atoms with Crippen LogP contribution in [0.5, 0.6) is 5.75 Å². The van der Waals surface area contributed by atoms with Crippen molar-refractivity contribution >= 4 is 29.3 Å². The van der Waals surface area contributed by atoms with Gasteiger partial charge in [0.05, 0.1) is 24.5 Å². The van der Waals surface area contributed by atoms with Gasteiger partial charge in [0.15, 0.2) is 0 Å². The molecule has 2 unspecified atom stereocenters. The molecule has 0 spiro atoms. The second-order valence-corrected chi connectivity index (χ2v) is 10.3. The van der Waals surface area contributed by atoms with E-state index in [1.807, 2.05) is 44.2 Å². The molecule has 8 nitrogen and oxygen atoms in total. The van der Waals surface area contributed by atoms with Gasteiger partial charge in [-0.05, 0) is 44.4 Å². The molecule has 3 heterocycles. The van der Waals surface area contributed by atoms with Crippen LogP contribution < -0.4 is 15.0 Å². The van der Waals surface area contributed by atoms with Crippen LogP contribution in [-0.2, 0) is 20.7 Å². The molecule has 2 fully saturated rings. The number of rotatable bonds is 1. The number of alkyl carbamates (subject to hydrolysis) is 1. The average Bonchev–Trinajstić information content (AvgIpc) is 3.43. The highest BCUT2D eigenvalue weighted by atomic mass is 35.5. The van der Waals surface area contributed by atoms with E-state index in [1.165, 1.54) is 0 Å². The van der Waals surface area contributed by atoms with Crippen molar-refractivity contribution in [1.29, 1.82) is 0 Å². The first-order chi connectivity index (χ1) is 16.5. The first-order valence-corrected chi connectivity index (χ1v) is 12.2. The lowest BCUT2D eigenvalue weighted by molar-refractivity contribution is -0.118. The lowest BCUT2D eigenvalue weighted by Gasteiger charge is -2.36. The molecule has 1 aromatic carbocycles. The minimum Gasteiger partial charge on any atom is -0.495 e. The predicted octanol–water partition coefficient (Wildman–Crippen LogP) is 4.28. The van der Waals surface area contributed by atoms with Gasteiger partial charge in [0, 0.05) is 32.7 Å². The van der Waals surface area contributed by atoms with E-state index in [9.17, 15) is 14.7 Å². The van der Waals surface area contributed by atoms with E-state index in [1.54, 1.807) is 19.1 Å². The molecule has 4 rings (SSSR count). The van der Waals surface area contributed by atoms with E-state index in [0.717, 1.165) is 11.1 Å². The third kappa shape index (κ3) is 5.82. The molecule has 35 heavy (non-hydrogen) atoms. The molecule has 0 aromatic heterocycles. The maximum absolute atomic E-state index is 13.1. The van der Waals surface area contributed by atoms with Crippen LogP contribution in [-0.4, -0.2) is 54.8 Å². The summed E-state index contributed by atoms with van der Waals surface area (Å²) < 4.78 is 16.8. The van der Waals surface area contributed by atoms with Crippen molar-refractivity contribution in [2.75, 3.05) is 19.1 Å². The molecule has 9 heteroatoms. The topological polar surface area (TPSA) is 101 Å². The van der Waals surface area contributed by atoms with Crippen molar-refractivity contribution < 1.29 is 28.9 Å². The van der Waals surface area contributed by atoms with Crippen molar-refractivity contribution in [2.45, 2.75) is 75.9 Å². The summed E-state index contributed by atoms with van der Waals surface area (Å²) in [6, 6.07) is 3.78. The van der Waals surface area contributed by atoms with E-state index in [-0.39, 0.29) is 31.3 Å². The van der Waals surface area contributed by atoms with Crippen LogP contribution in [0.4, 0.5) is 10.5 Å². The van der Waals surface area contributed by atoms with Crippen LogP contribution in [0.1, 0.15) is 51.5 Å². The zero-order valence-electron chi connectivity index (χ0n) is 20.6. The summed E-state index contributed by atoms with van der Waals surface area (Å²) in [6.07, 6.45) is 6.76. The van der Waals surface area contributed by atoms with Gasteiger partial charge >= 0.3 is 6.09 Å². The SMILES string of the molecule is COc1cc2cc(c1Cl)N(C)C(=O)CCC1(C)O[C@H]1CC1C[C@](O)(C/C=C/C=C(\C)C2)NC(=O)O1. The fraction of sp³-hybridized carbons (Fsp3) is 0.538. The van der Waals surface area contributed by atoms with Crippen molar-refractivity contribution in [1.82, 2.24) is 5.32 Å². The number of hydrogen-bond acceptors (Lipinski definition) is 6. The van der Waals surface area contributed by atoms with Gasteiger partial charge in [-0.2, -0.15) is 0 Å². The van der Waals surface area contributed by atoms with E-state index in [2.05, 4.69) is 5.32 Å². The molecule has 4 bridgehead atoms. The summed E-state index contributed by atoms with van der Waals surface area (Å²) in [5, 5.41) is 13.9. The lowest BCUT2D eigenvalue weighted by Crippen LogP contribution is -2.56. The second kappa shape index (κ2) is 9.84. The van der Waals surface area contributed by atoms with Crippen molar-refractivity contribution in [3.8, 4) is 5.75 Å². The maximum Gasteiger partial charge on any atom is 0.409 e. The molecule has 0 aliphatic carbocycles. The molecule has 0 radical (unpaired) electrons. The van der Waals surface area contributed by atoms with Crippen LogP contribution in [0.25, 0.3) is 0 Å². The van der Waals surface area contributed by atoms with Gasteiger partial charge < -0.3 is 24.2 Å². The van der Waals surface area contributed by atoms with Crippen LogP contribution in [0, 0.1) is 0 Å². The zero-order valence-corrected chi connectivity index (χ0v) is 21.4. The number of allylic oxidation sites excluding steroid dienone is 3. The molecule has 190 valence electrons. The number of amides is 2. The minimum absolute atomic E-state index is 0.0858. The number of hydrogen-bond donors (Lipinski definition) is 2. The largest absolute Gasteiger partial charge is 0.495 e. The van der Waals surface area contributed by atoms with Gasteiger partial charge in [-0.25, -0.2) is 4.79 Å². The van der Waals surface area contributed by atoms with Crippen molar-refractivity contribution in [3.63, 3.8) is 0 Å². The van der Waals surface area contributed by atoms with Crippen LogP contribution in [0.3, 0.4) is 0 Å². The normalized spacial score (nSPS) is 34.1. The Hall–Kier alpha value is -2.55. The maximum atomic E-state index is 13.1. The van der Waals surface area contributed by atoms with Gasteiger partial charge in [-0.15, -0.1) is 0 Å². The third-order valence-electron chi connectivity index (χ3n) is 7.01. The Kier molecular flexibility index (Phi) is 7.18. The number of aliphatic hydroxyl groups is 1. The summed E-state index contributed by atoms with van der Waals surface area (Å²) >= 11 is 6.57. The summed E-state index contributed by atoms with van der Waals surface area (Å²) in [7, 11) is 3.27. The summed E-state index contributed by atoms with van der Waals surface area (Å²) in [4.78, 5) is 26.7. The first kappa shape index (κ1) is 25.5. The molecule has 2 amide bonds. The van der Waals surface area contributed by atoms with Crippen LogP contribution >= 0.6 is 11.6 Å². The highest BCUT2D eigenvalue weighted by molar-refractivity contribution is 6.35. The Labute approximate surface area is 210 Å². The van der Waals surface area contributed by atoms with Crippen molar-refractivity contribution in [2.24, 2.45) is 0 Å². The minimum atomic E-state index is -1.39. The Morgan fingerprint density at radius 2 is 2.09 bits per heavy atom. The van der Waals surface area contributed by atoms with E-state index in [4.69, 9.17) is 25.8 Å². The molecule has 2 N–H and O–H groups in total. The number of methoxy groups -OCH3 is 1. The fourth-order valence-electron chi connectivity index (χ4n) is 4.82. The zero-order chi connectivity index (χ0) is 25.4. The standard InChI is InChI=1S/C26H33ClN2O6/c1-16-7-5-6-9-26(32)15-18(34-24(31)28-26)14-21-25(2,35-21)10-8-22(30)29(3)19-12-17(11-16)13-20(33-4)23(19)27/h5-7,12-13,18,21,32H,8-11,14-15H2,1-4H3,(H,28,31)/b6-5+,16-7+/t18?,21-,25?,26+/m0/s1. The second-order valence-electron chi connectivity index (χ2n) is 9.95. The molecule has 4 atom stereocenters. The number of carbonyl (C=O) groups is 2. The smallest absolute Gasteiger partial charge is 0.409 e. The molecule has 3 aliphatic heterocycles. The van der Waals surface area contributed by atoms with Gasteiger partial charge in [0.2, 0.25) is 5.91 Å². The number of epoxide rings is 1. The predicted molar refractivity (Wildman–Crippen MR) is 133 cm³/mol. The number of nitrogens with zero attached hydrogens (tertiary/aromatic N) is 1. The van der Waals surface area contributed by atoms with Gasteiger partial charge in [0.25, 0.3) is 0 Å². The highest BCUT2D eigenvalue weighted by Crippen LogP contribution is 2.45. The summed E-state index contributed by atoms with van der Waals surface area (Å²) in [6.45, 7) is 3.95. The fourth-order valence-corrected chi connectivity index (χ4v) is 5.13. The van der Waals surface area contributed by atoms with E-state index < -0.39 is 23.5 Å². The van der Waals surface area contributed by atoms with Gasteiger partial charge in [0.1, 0.15) is 22.6 Å². The highest BCUT2D eigenvalue weighted by Gasteiger charge is 2.54. The third-order valence-corrected chi connectivity index (χ3v) is 7.39. The number of anilines is 1. The van der Waals surface area contributed by atoms with E-state index >= 15 is 0 Å². The monoisotopic (exact) mass is 504 g/mol. The molecule has 0 saturated carbocycles. The molecular formula is C26H33ClN2O6. The van der Waals surface area contributed by atoms with Crippen LogP contribution in [0.2, 0.25) is 5.02 Å². The number of nitrogens with one attached hydrogen (secondary N) is 1. The van der Waals surface area contributed by atoms with Gasteiger partial charge in [-0.3, -0.25) is 10.1 Å². The molecular weight excluding hydrogens is 472 g/mol. The van der Waals surface area contributed by atoms with Crippen molar-refractivity contribution in [3.05, 3.63) is 46.5 Å². The number of fused-ring (bicyclic) bond motifs is 5. The van der Waals surface area contributed by atoms with Gasteiger partial charge in [-0.1, -0.05) is 35.4 Å². The Balaban J connectivity index is 1.64. The Morgan fingerprint density at radius 3 is 2.83 bits per heavy atom. The quantitative estimate of drug-likeness (QED) is 0.554. The van der Waals surface area contributed by atoms with Crippen LogP contribution in [0.15, 0.2) is 35.9 Å². The summed E-state index contributed by atoms with van der Waals surface area (Å²) in [5.74, 6) is 0.424. The molecule has 1 aromatic rings. The van der Waals surface area contributed by atoms with E-state index in [0.29, 0.717) is 35.7 Å². The lowest BCUT2D eigenvalue weighted by atomic mass is 9.92. The number of carbonyl (C=O) groups excluding carboxylic acids is 2. The Morgan fingerprint density at radius 1 is 1.31 bits per heavy atom.